The fraction of sp³-hybridized carbons (Fsp3) is 1.00. The van der Waals surface area contributed by atoms with Gasteiger partial charge < -0.3 is 14.2 Å². The summed E-state index contributed by atoms with van der Waals surface area (Å²) in [5, 5.41) is -20.9. The van der Waals surface area contributed by atoms with Crippen molar-refractivity contribution in [3.8, 4) is 0 Å². The van der Waals surface area contributed by atoms with Crippen molar-refractivity contribution in [3.05, 3.63) is 0 Å². The molecule has 15 nitrogen and oxygen atoms in total. The van der Waals surface area contributed by atoms with Crippen LogP contribution in [0.1, 0.15) is 38.5 Å². The van der Waals surface area contributed by atoms with E-state index in [2.05, 4.69) is 9.47 Å². The van der Waals surface area contributed by atoms with E-state index in [-0.39, 0.29) is 0 Å². The van der Waals surface area contributed by atoms with Crippen LogP contribution in [0.25, 0.3) is 0 Å². The van der Waals surface area contributed by atoms with E-state index < -0.39 is 178 Å². The molecule has 0 amide bonds. The van der Waals surface area contributed by atoms with Gasteiger partial charge in [-0.3, -0.25) is 13.7 Å². The molecule has 0 bridgehead atoms. The quantitative estimate of drug-likeness (QED) is 0.0334. The predicted molar refractivity (Wildman–Crippen MR) is 156 cm³/mol. The molecule has 0 saturated heterocycles. The Morgan fingerprint density at radius 2 is 0.561 bits per heavy atom. The van der Waals surface area contributed by atoms with E-state index in [4.69, 9.17) is 18.4 Å². The number of halogens is 24. The largest absolute Gasteiger partial charge is 0.460 e. The number of alkyl halides is 24. The molecule has 0 aliphatic heterocycles. The predicted octanol–water partition coefficient (Wildman–Crippen LogP) is 7.70. The Bertz CT molecular complexity index is 1840. The summed E-state index contributed by atoms with van der Waals surface area (Å²) < 4.78 is 432. The van der Waals surface area contributed by atoms with E-state index in [1.807, 2.05) is 14.2 Å². The first-order valence-corrected chi connectivity index (χ1v) is 20.3. The fourth-order valence-corrected chi connectivity index (χ4v) is 4.71. The lowest BCUT2D eigenvalue weighted by Crippen LogP contribution is -2.55. The van der Waals surface area contributed by atoms with Gasteiger partial charge in [0.15, 0.2) is 0 Å². The molecule has 0 atom stereocenters. The summed E-state index contributed by atoms with van der Waals surface area (Å²) in [7, 11) is -21.9. The van der Waals surface area contributed by atoms with Gasteiger partial charge in [-0.2, -0.15) is 131 Å². The molecule has 0 aromatic carbocycles. The van der Waals surface area contributed by atoms with Gasteiger partial charge in [0.25, 0.3) is 0 Å². The third-order valence-corrected chi connectivity index (χ3v) is 9.85. The Morgan fingerprint density at radius 3 is 0.773 bits per heavy atom. The van der Waals surface area contributed by atoms with E-state index in [9.17, 15) is 131 Å². The van der Waals surface area contributed by atoms with E-state index in [0.717, 1.165) is 0 Å². The van der Waals surface area contributed by atoms with Crippen LogP contribution in [0.3, 0.4) is 0 Å². The van der Waals surface area contributed by atoms with Gasteiger partial charge in [0.1, 0.15) is 6.10 Å². The first-order valence-electron chi connectivity index (χ1n) is 16.0. The van der Waals surface area contributed by atoms with Crippen molar-refractivity contribution in [2.24, 2.45) is 0 Å². The maximum atomic E-state index is 14.0. The van der Waals surface area contributed by atoms with Gasteiger partial charge >= 0.3 is 101 Å². The van der Waals surface area contributed by atoms with Gasteiger partial charge in [-0.15, -0.1) is 0 Å². The molecule has 0 saturated carbocycles. The molecular weight excluding hydrogens is 1080 g/mol. The highest BCUT2D eigenvalue weighted by atomic mass is 32.2. The van der Waals surface area contributed by atoms with Crippen LogP contribution in [0.5, 0.6) is 0 Å². The second kappa shape index (κ2) is 20.6. The normalized spacial score (nSPS) is 15.8. The first kappa shape index (κ1) is 63.8. The van der Waals surface area contributed by atoms with Crippen molar-refractivity contribution >= 4 is 30.4 Å². The van der Waals surface area contributed by atoms with Crippen molar-refractivity contribution in [1.29, 1.82) is 0 Å². The summed E-state index contributed by atoms with van der Waals surface area (Å²) in [6.07, 6.45) is -55.5. The third-order valence-electron chi connectivity index (χ3n) is 7.19. The number of hydrogen-bond acceptors (Lipinski definition) is 12. The van der Waals surface area contributed by atoms with Crippen molar-refractivity contribution in [3.63, 3.8) is 0 Å². The highest BCUT2D eigenvalue weighted by molar-refractivity contribution is 7.87. The Morgan fingerprint density at radius 1 is 0.348 bits per heavy atom. The lowest BCUT2D eigenvalue weighted by atomic mass is 10.1. The molecule has 66 heavy (non-hydrogen) atoms. The van der Waals surface area contributed by atoms with Crippen LogP contribution in [-0.2, 0) is 58.8 Å². The van der Waals surface area contributed by atoms with Crippen molar-refractivity contribution in [1.82, 2.24) is 0 Å². The maximum absolute atomic E-state index is 14.0. The summed E-state index contributed by atoms with van der Waals surface area (Å²) in [5.41, 5.74) is 0. The molecule has 0 spiro atoms. The molecule has 0 aromatic rings. The van der Waals surface area contributed by atoms with Crippen LogP contribution in [-0.4, -0.2) is 148 Å². The smallest absolute Gasteiger partial charge is 0.379 e. The zero-order valence-electron chi connectivity index (χ0n) is 30.9. The standard InChI is InChI=1S/C24H26F24O15S3/c25-13(26,16(31,32)61-19(37,38)22(43,44)64(49,50)51)4-1-7-58-10-12(60-9-3-6-15(29,30)18(35,36)63-21(41,42)24(47,48)66(55,56)57)11-59-8-2-5-14(27,28)17(33,34)62-20(39,40)23(45,46)65(52,53)54/h12H,1-11H2,(H,49,50,51)(H,52,53,54)(H,55,56,57). The Hall–Kier alpha value is -2.19. The second-order valence-electron chi connectivity index (χ2n) is 12.4. The number of hydrogen-bond donors (Lipinski definition) is 3. The molecule has 0 aliphatic rings. The lowest BCUT2D eigenvalue weighted by molar-refractivity contribution is -0.457. The Labute approximate surface area is 351 Å². The van der Waals surface area contributed by atoms with E-state index in [1.165, 1.54) is 0 Å². The first-order chi connectivity index (χ1) is 28.7. The molecule has 0 aliphatic carbocycles. The maximum Gasteiger partial charge on any atom is 0.460 e. The number of rotatable bonds is 32. The van der Waals surface area contributed by atoms with Crippen LogP contribution in [0.15, 0.2) is 0 Å². The molecule has 3 N–H and O–H groups in total. The lowest BCUT2D eigenvalue weighted by Gasteiger charge is -2.31. The van der Waals surface area contributed by atoms with Crippen molar-refractivity contribution in [2.75, 3.05) is 33.0 Å². The fourth-order valence-electron chi connectivity index (χ4n) is 3.68. The van der Waals surface area contributed by atoms with Gasteiger partial charge in [0.05, 0.1) is 13.2 Å². The minimum atomic E-state index is -7.33. The van der Waals surface area contributed by atoms with Crippen molar-refractivity contribution < 1.29 is 173 Å². The van der Waals surface area contributed by atoms with Crippen LogP contribution in [0.4, 0.5) is 105 Å². The molecule has 42 heteroatoms. The molecule has 398 valence electrons. The highest BCUT2D eigenvalue weighted by Gasteiger charge is 2.76. The van der Waals surface area contributed by atoms with Crippen LogP contribution in [0, 0.1) is 0 Å². The summed E-state index contributed by atoms with van der Waals surface area (Å²) >= 11 is 0. The average Bonchev–Trinajstić information content (AvgIpc) is 3.06. The molecule has 0 heterocycles. The Balaban J connectivity index is 5.93. The second-order valence-corrected chi connectivity index (χ2v) is 16.8. The monoisotopic (exact) mass is 1110 g/mol. The van der Waals surface area contributed by atoms with Gasteiger partial charge in [-0.05, 0) is 19.3 Å². The molecular formula is C24H26F24O15S3. The Kier molecular flexibility index (Phi) is 20.0. The zero-order chi connectivity index (χ0) is 53.1. The van der Waals surface area contributed by atoms with Crippen LogP contribution < -0.4 is 0 Å². The minimum Gasteiger partial charge on any atom is -0.379 e. The number of ether oxygens (including phenoxy) is 6. The van der Waals surface area contributed by atoms with E-state index in [1.54, 1.807) is 0 Å². The summed E-state index contributed by atoms with van der Waals surface area (Å²) in [5.74, 6) is -18.0. The van der Waals surface area contributed by atoms with E-state index >= 15 is 0 Å². The third kappa shape index (κ3) is 15.2. The molecule has 0 unspecified atom stereocenters. The van der Waals surface area contributed by atoms with Crippen LogP contribution >= 0.6 is 0 Å². The van der Waals surface area contributed by atoms with Crippen LogP contribution in [0.2, 0.25) is 0 Å². The summed E-state index contributed by atoms with van der Waals surface area (Å²) in [6, 6.07) is 0. The van der Waals surface area contributed by atoms with Crippen molar-refractivity contribution in [2.45, 2.75) is 115 Å². The van der Waals surface area contributed by atoms with Gasteiger partial charge in [0.2, 0.25) is 0 Å². The minimum absolute atomic E-state index is 1.33. The topological polar surface area (TPSA) is 218 Å². The molecule has 0 rings (SSSR count). The average molecular weight is 1110 g/mol. The summed E-state index contributed by atoms with van der Waals surface area (Å²) in [6.45, 7) is -6.88. The summed E-state index contributed by atoms with van der Waals surface area (Å²) in [4.78, 5) is 0. The molecule has 0 radical (unpaired) electrons. The van der Waals surface area contributed by atoms with Gasteiger partial charge in [-0.1, -0.05) is 0 Å². The van der Waals surface area contributed by atoms with Gasteiger partial charge in [0, 0.05) is 39.1 Å². The highest BCUT2D eigenvalue weighted by Crippen LogP contribution is 2.51. The molecule has 0 aromatic heterocycles. The zero-order valence-corrected chi connectivity index (χ0v) is 33.3. The van der Waals surface area contributed by atoms with Gasteiger partial charge in [-0.25, -0.2) is 14.2 Å². The SMILES string of the molecule is O=S(=O)(O)C(F)(F)C(F)(F)OC(F)(F)C(F)(F)CCCOCC(COCCCC(F)(F)C(F)(F)OC(F)(F)C(F)(F)S(=O)(=O)O)OCCCC(F)(F)C(F)(F)OC(F)(F)C(F)(F)S(=O)(=O)O. The van der Waals surface area contributed by atoms with E-state index in [0.29, 0.717) is 0 Å². The molecule has 0 fully saturated rings.